The molecule has 0 atom stereocenters. The van der Waals surface area contributed by atoms with E-state index < -0.39 is 11.9 Å². The average Bonchev–Trinajstić information content (AvgIpc) is 3.04. The molecule has 156 valence electrons. The summed E-state index contributed by atoms with van der Waals surface area (Å²) in [5, 5.41) is 12.4. The number of carboxylic acid groups (broad SMARTS) is 1. The van der Waals surface area contributed by atoms with Crippen LogP contribution in [0, 0.1) is 6.92 Å². The summed E-state index contributed by atoms with van der Waals surface area (Å²) in [5.74, 6) is -1.16. The highest BCUT2D eigenvalue weighted by Gasteiger charge is 2.27. The molecule has 2 amide bonds. The van der Waals surface area contributed by atoms with Gasteiger partial charge in [-0.05, 0) is 38.5 Å². The van der Waals surface area contributed by atoms with Gasteiger partial charge in [0, 0.05) is 24.7 Å². The first-order chi connectivity index (χ1) is 13.8. The molecule has 0 saturated carbocycles. The number of aromatic carboxylic acids is 1. The molecule has 9 heteroatoms. The predicted molar refractivity (Wildman–Crippen MR) is 111 cm³/mol. The number of rotatable bonds is 8. The summed E-state index contributed by atoms with van der Waals surface area (Å²) in [6, 6.07) is 4.65. The van der Waals surface area contributed by atoms with Crippen LogP contribution in [0.2, 0.25) is 0 Å². The van der Waals surface area contributed by atoms with E-state index in [1.54, 1.807) is 17.9 Å². The summed E-state index contributed by atoms with van der Waals surface area (Å²) in [4.78, 5) is 39.2. The van der Waals surface area contributed by atoms with Gasteiger partial charge in [-0.25, -0.2) is 4.79 Å². The maximum absolute atomic E-state index is 12.8. The van der Waals surface area contributed by atoms with Crippen LogP contribution in [-0.2, 0) is 0 Å². The first-order valence-electron chi connectivity index (χ1n) is 8.97. The van der Waals surface area contributed by atoms with Crippen molar-refractivity contribution in [1.29, 1.82) is 0 Å². The number of carbonyl (C=O) groups is 3. The molecule has 0 unspecified atom stereocenters. The van der Waals surface area contributed by atoms with E-state index in [1.807, 2.05) is 13.8 Å². The second kappa shape index (κ2) is 9.42. The van der Waals surface area contributed by atoms with Gasteiger partial charge in [-0.1, -0.05) is 0 Å². The fourth-order valence-electron chi connectivity index (χ4n) is 2.83. The number of amides is 2. The highest BCUT2D eigenvalue weighted by atomic mass is 32.1. The van der Waals surface area contributed by atoms with Gasteiger partial charge in [0.2, 0.25) is 0 Å². The zero-order valence-corrected chi connectivity index (χ0v) is 17.8. The van der Waals surface area contributed by atoms with E-state index in [4.69, 9.17) is 9.47 Å². The third kappa shape index (κ3) is 4.68. The Balaban J connectivity index is 2.45. The van der Waals surface area contributed by atoms with E-state index in [-0.39, 0.29) is 22.0 Å². The summed E-state index contributed by atoms with van der Waals surface area (Å²) in [6.07, 6.45) is 0. The van der Waals surface area contributed by atoms with Crippen LogP contribution in [0.15, 0.2) is 18.2 Å². The van der Waals surface area contributed by atoms with E-state index in [9.17, 15) is 19.5 Å². The minimum absolute atomic E-state index is 0.0892. The van der Waals surface area contributed by atoms with Crippen molar-refractivity contribution in [2.75, 3.05) is 32.6 Å². The second-order valence-corrected chi connectivity index (χ2v) is 7.12. The Hall–Kier alpha value is -3.07. The molecule has 0 spiro atoms. The molecule has 2 aromatic rings. The number of anilines is 1. The fourth-order valence-corrected chi connectivity index (χ4v) is 3.99. The molecule has 0 aliphatic heterocycles. The van der Waals surface area contributed by atoms with Gasteiger partial charge in [-0.2, -0.15) is 0 Å². The molecule has 2 N–H and O–H groups in total. The maximum atomic E-state index is 12.8. The normalized spacial score (nSPS) is 10.4. The van der Waals surface area contributed by atoms with Gasteiger partial charge in [0.1, 0.15) is 16.5 Å². The molecule has 0 aliphatic carbocycles. The van der Waals surface area contributed by atoms with E-state index >= 15 is 0 Å². The van der Waals surface area contributed by atoms with Crippen molar-refractivity contribution in [3.8, 4) is 11.5 Å². The zero-order valence-electron chi connectivity index (χ0n) is 17.0. The van der Waals surface area contributed by atoms with Crippen molar-refractivity contribution in [2.24, 2.45) is 0 Å². The number of nitrogens with zero attached hydrogens (tertiary/aromatic N) is 1. The smallest absolute Gasteiger partial charge is 0.339 e. The number of hydrogen-bond donors (Lipinski definition) is 2. The summed E-state index contributed by atoms with van der Waals surface area (Å²) in [5.41, 5.74) is 0.479. The van der Waals surface area contributed by atoms with Crippen molar-refractivity contribution in [1.82, 2.24) is 4.90 Å². The van der Waals surface area contributed by atoms with Gasteiger partial charge in [-0.3, -0.25) is 9.59 Å². The maximum Gasteiger partial charge on any atom is 0.339 e. The van der Waals surface area contributed by atoms with Crippen molar-refractivity contribution < 1.29 is 29.0 Å². The van der Waals surface area contributed by atoms with Crippen molar-refractivity contribution in [3.05, 3.63) is 39.8 Å². The first-order valence-corrected chi connectivity index (χ1v) is 9.79. The molecule has 0 aliphatic rings. The van der Waals surface area contributed by atoms with Gasteiger partial charge in [-0.15, -0.1) is 11.3 Å². The Labute approximate surface area is 173 Å². The zero-order chi connectivity index (χ0) is 21.7. The Morgan fingerprint density at radius 2 is 1.62 bits per heavy atom. The summed E-state index contributed by atoms with van der Waals surface area (Å²) < 4.78 is 10.3. The molecule has 0 saturated heterocycles. The van der Waals surface area contributed by atoms with Crippen LogP contribution in [0.25, 0.3) is 0 Å². The Kier molecular flexibility index (Phi) is 7.22. The molecular weight excluding hydrogens is 396 g/mol. The van der Waals surface area contributed by atoms with Crippen LogP contribution in [0.4, 0.5) is 5.00 Å². The number of carboxylic acids is 1. The molecular formula is C20H24N2O6S. The van der Waals surface area contributed by atoms with Gasteiger partial charge >= 0.3 is 5.97 Å². The highest BCUT2D eigenvalue weighted by Crippen LogP contribution is 2.34. The molecule has 0 fully saturated rings. The average molecular weight is 420 g/mol. The lowest BCUT2D eigenvalue weighted by molar-refractivity contribution is 0.0697. The lowest BCUT2D eigenvalue weighted by Gasteiger charge is -2.17. The molecule has 1 heterocycles. The SMILES string of the molecule is CCN(CC)C(=O)c1sc(NC(=O)c2cc(OC)cc(OC)c2)c(C(=O)O)c1C. The number of hydrogen-bond acceptors (Lipinski definition) is 6. The largest absolute Gasteiger partial charge is 0.497 e. The van der Waals surface area contributed by atoms with Gasteiger partial charge in [0.05, 0.1) is 24.7 Å². The quantitative estimate of drug-likeness (QED) is 0.677. The summed E-state index contributed by atoms with van der Waals surface area (Å²) in [6.45, 7) is 6.27. The van der Waals surface area contributed by atoms with E-state index in [0.29, 0.717) is 35.0 Å². The molecule has 1 aromatic heterocycles. The van der Waals surface area contributed by atoms with Gasteiger partial charge < -0.3 is 24.8 Å². The van der Waals surface area contributed by atoms with Crippen LogP contribution in [0.3, 0.4) is 0 Å². The third-order valence-corrected chi connectivity index (χ3v) is 5.64. The monoisotopic (exact) mass is 420 g/mol. The van der Waals surface area contributed by atoms with Crippen LogP contribution in [-0.4, -0.2) is 55.1 Å². The van der Waals surface area contributed by atoms with E-state index in [0.717, 1.165) is 11.3 Å². The third-order valence-electron chi connectivity index (χ3n) is 4.45. The van der Waals surface area contributed by atoms with Crippen molar-refractivity contribution in [3.63, 3.8) is 0 Å². The van der Waals surface area contributed by atoms with Crippen LogP contribution in [0.1, 0.15) is 49.8 Å². The van der Waals surface area contributed by atoms with E-state index in [1.165, 1.54) is 26.4 Å². The molecule has 2 rings (SSSR count). The standard InChI is InChI=1S/C20H24N2O6S/c1-6-22(7-2)19(24)16-11(3)15(20(25)26)18(29-16)21-17(23)12-8-13(27-4)10-14(9-12)28-5/h8-10H,6-7H2,1-5H3,(H,21,23)(H,25,26). The first kappa shape index (κ1) is 22.2. The second-order valence-electron chi connectivity index (χ2n) is 6.10. The lowest BCUT2D eigenvalue weighted by Crippen LogP contribution is -2.30. The number of ether oxygens (including phenoxy) is 2. The number of benzene rings is 1. The fraction of sp³-hybridized carbons (Fsp3) is 0.350. The minimum Gasteiger partial charge on any atom is -0.497 e. The topological polar surface area (TPSA) is 105 Å². The number of methoxy groups -OCH3 is 2. The molecule has 8 nitrogen and oxygen atoms in total. The lowest BCUT2D eigenvalue weighted by atomic mass is 10.1. The minimum atomic E-state index is -1.21. The molecule has 0 radical (unpaired) electrons. The van der Waals surface area contributed by atoms with E-state index in [2.05, 4.69) is 5.32 Å². The van der Waals surface area contributed by atoms with Crippen LogP contribution < -0.4 is 14.8 Å². The number of carbonyl (C=O) groups excluding carboxylic acids is 2. The summed E-state index contributed by atoms with van der Waals surface area (Å²) in [7, 11) is 2.93. The molecule has 1 aromatic carbocycles. The highest BCUT2D eigenvalue weighted by molar-refractivity contribution is 7.18. The Morgan fingerprint density at radius 1 is 1.07 bits per heavy atom. The van der Waals surface area contributed by atoms with Gasteiger partial charge in [0.25, 0.3) is 11.8 Å². The predicted octanol–water partition coefficient (Wildman–Crippen LogP) is 3.51. The van der Waals surface area contributed by atoms with Crippen molar-refractivity contribution in [2.45, 2.75) is 20.8 Å². The van der Waals surface area contributed by atoms with Crippen LogP contribution in [0.5, 0.6) is 11.5 Å². The van der Waals surface area contributed by atoms with Crippen LogP contribution >= 0.6 is 11.3 Å². The summed E-state index contributed by atoms with van der Waals surface area (Å²) >= 11 is 0.958. The van der Waals surface area contributed by atoms with Gasteiger partial charge in [0.15, 0.2) is 0 Å². The Bertz CT molecular complexity index is 911. The number of nitrogens with one attached hydrogen (secondary N) is 1. The Morgan fingerprint density at radius 3 is 2.07 bits per heavy atom. The number of thiophene rings is 1. The molecule has 0 bridgehead atoms. The van der Waals surface area contributed by atoms with Crippen molar-refractivity contribution >= 4 is 34.1 Å². The molecule has 29 heavy (non-hydrogen) atoms.